The van der Waals surface area contributed by atoms with Crippen LogP contribution in [0.15, 0.2) is 51.9 Å². The van der Waals surface area contributed by atoms with Gasteiger partial charge in [-0.2, -0.15) is 0 Å². The summed E-state index contributed by atoms with van der Waals surface area (Å²) >= 11 is 0. The number of halogens is 1. The van der Waals surface area contributed by atoms with Gasteiger partial charge in [0.25, 0.3) is 0 Å². The van der Waals surface area contributed by atoms with Gasteiger partial charge >= 0.3 is 0 Å². The molecule has 1 N–H and O–H groups in total. The van der Waals surface area contributed by atoms with Crippen molar-refractivity contribution < 1.29 is 17.3 Å². The molecule has 0 spiro atoms. The molecule has 0 bridgehead atoms. The Labute approximate surface area is 158 Å². The molecule has 1 aromatic heterocycles. The van der Waals surface area contributed by atoms with E-state index in [2.05, 4.69) is 9.88 Å². The molecule has 0 atom stereocenters. The predicted molar refractivity (Wildman–Crippen MR) is 101 cm³/mol. The van der Waals surface area contributed by atoms with E-state index in [4.69, 9.17) is 4.52 Å². The summed E-state index contributed by atoms with van der Waals surface area (Å²) in [6.45, 7) is 5.69. The van der Waals surface area contributed by atoms with Crippen LogP contribution in [0.4, 0.5) is 4.39 Å². The maximum absolute atomic E-state index is 12.9. The Morgan fingerprint density at radius 1 is 1.07 bits per heavy atom. The lowest BCUT2D eigenvalue weighted by molar-refractivity contribution is 0.426. The van der Waals surface area contributed by atoms with Crippen molar-refractivity contribution in [2.45, 2.75) is 32.1 Å². The lowest BCUT2D eigenvalue weighted by Gasteiger charge is -2.11. The zero-order valence-corrected chi connectivity index (χ0v) is 16.2. The van der Waals surface area contributed by atoms with Gasteiger partial charge in [-0.25, -0.2) is 17.5 Å². The van der Waals surface area contributed by atoms with Crippen molar-refractivity contribution in [2.24, 2.45) is 0 Å². The lowest BCUT2D eigenvalue weighted by Crippen LogP contribution is -2.26. The average molecular weight is 388 g/mol. The zero-order valence-electron chi connectivity index (χ0n) is 15.4. The van der Waals surface area contributed by atoms with Crippen LogP contribution < -0.4 is 4.72 Å². The molecule has 0 aliphatic rings. The monoisotopic (exact) mass is 388 g/mol. The summed E-state index contributed by atoms with van der Waals surface area (Å²) in [6, 6.07) is 11.2. The Morgan fingerprint density at radius 3 is 2.41 bits per heavy atom. The molecular weight excluding hydrogens is 367 g/mol. The molecule has 3 aromatic rings. The first-order valence-corrected chi connectivity index (χ1v) is 10.0. The Kier molecular flexibility index (Phi) is 5.43. The van der Waals surface area contributed by atoms with E-state index in [1.165, 1.54) is 12.1 Å². The third-order valence-corrected chi connectivity index (χ3v) is 6.12. The number of hydrogen-bond donors (Lipinski definition) is 1. The molecule has 7 heteroatoms. The van der Waals surface area contributed by atoms with E-state index in [0.29, 0.717) is 23.3 Å². The minimum absolute atomic E-state index is 0.201. The topological polar surface area (TPSA) is 72.2 Å². The predicted octanol–water partition coefficient (Wildman–Crippen LogP) is 3.93. The number of hydrogen-bond acceptors (Lipinski definition) is 4. The van der Waals surface area contributed by atoms with Gasteiger partial charge in [0.15, 0.2) is 5.76 Å². The number of nitrogens with zero attached hydrogens (tertiary/aromatic N) is 1. The molecular formula is C20H21FN2O3S. The maximum atomic E-state index is 12.9. The average Bonchev–Trinajstić information content (AvgIpc) is 2.96. The van der Waals surface area contributed by atoms with Crippen LogP contribution >= 0.6 is 0 Å². The Morgan fingerprint density at radius 2 is 1.78 bits per heavy atom. The summed E-state index contributed by atoms with van der Waals surface area (Å²) in [7, 11) is -3.69. The van der Waals surface area contributed by atoms with Crippen molar-refractivity contribution in [1.29, 1.82) is 0 Å². The Hall–Kier alpha value is -2.51. The fraction of sp³-hybridized carbons (Fsp3) is 0.250. The molecule has 142 valence electrons. The minimum atomic E-state index is -3.69. The van der Waals surface area contributed by atoms with Gasteiger partial charge in [0, 0.05) is 17.7 Å². The first kappa shape index (κ1) is 19.3. The molecule has 1 heterocycles. The Balaban J connectivity index is 1.80. The quantitative estimate of drug-likeness (QED) is 0.695. The van der Waals surface area contributed by atoms with Crippen LogP contribution in [0.2, 0.25) is 0 Å². The number of aromatic nitrogens is 1. The number of rotatable bonds is 6. The molecule has 0 saturated heterocycles. The molecule has 3 rings (SSSR count). The molecule has 0 aliphatic heterocycles. The first-order valence-electron chi connectivity index (χ1n) is 8.56. The van der Waals surface area contributed by atoms with E-state index < -0.39 is 10.0 Å². The first-order chi connectivity index (χ1) is 12.8. The summed E-state index contributed by atoms with van der Waals surface area (Å²) in [5.41, 5.74) is 3.82. The summed E-state index contributed by atoms with van der Waals surface area (Å²) in [5.74, 6) is 0.250. The van der Waals surface area contributed by atoms with Crippen molar-refractivity contribution in [3.8, 4) is 11.3 Å². The minimum Gasteiger partial charge on any atom is -0.356 e. The zero-order chi connectivity index (χ0) is 19.6. The van der Waals surface area contributed by atoms with E-state index in [-0.39, 0.29) is 17.3 Å². The summed E-state index contributed by atoms with van der Waals surface area (Å²) in [5, 5.41) is 3.93. The smallest absolute Gasteiger partial charge is 0.240 e. The van der Waals surface area contributed by atoms with Crippen LogP contribution in [0.25, 0.3) is 11.3 Å². The molecule has 0 radical (unpaired) electrons. The van der Waals surface area contributed by atoms with Crippen molar-refractivity contribution >= 4 is 10.0 Å². The largest absolute Gasteiger partial charge is 0.356 e. The van der Waals surface area contributed by atoms with E-state index in [1.54, 1.807) is 31.2 Å². The second-order valence-electron chi connectivity index (χ2n) is 6.48. The summed E-state index contributed by atoms with van der Waals surface area (Å²) in [6.07, 6.45) is 0.471. The van der Waals surface area contributed by atoms with E-state index in [9.17, 15) is 12.8 Å². The molecule has 0 unspecified atom stereocenters. The van der Waals surface area contributed by atoms with Gasteiger partial charge in [-0.3, -0.25) is 0 Å². The van der Waals surface area contributed by atoms with Crippen molar-refractivity contribution in [3.63, 3.8) is 0 Å². The fourth-order valence-electron chi connectivity index (χ4n) is 2.77. The highest BCUT2D eigenvalue weighted by molar-refractivity contribution is 7.89. The second-order valence-corrected chi connectivity index (χ2v) is 8.21. The van der Waals surface area contributed by atoms with Crippen LogP contribution in [0.1, 0.15) is 22.4 Å². The van der Waals surface area contributed by atoms with E-state index in [1.807, 2.05) is 19.9 Å². The van der Waals surface area contributed by atoms with Gasteiger partial charge < -0.3 is 4.52 Å². The third kappa shape index (κ3) is 4.26. The van der Waals surface area contributed by atoms with Crippen LogP contribution in [0, 0.1) is 26.6 Å². The van der Waals surface area contributed by atoms with Crippen LogP contribution in [-0.4, -0.2) is 20.1 Å². The van der Waals surface area contributed by atoms with Crippen LogP contribution in [0.3, 0.4) is 0 Å². The number of sulfonamides is 1. The van der Waals surface area contributed by atoms with Gasteiger partial charge in [-0.05, 0) is 56.5 Å². The van der Waals surface area contributed by atoms with Gasteiger partial charge in [0.2, 0.25) is 10.0 Å². The highest BCUT2D eigenvalue weighted by Crippen LogP contribution is 2.28. The molecule has 5 nitrogen and oxygen atoms in total. The van der Waals surface area contributed by atoms with Crippen LogP contribution in [-0.2, 0) is 16.4 Å². The summed E-state index contributed by atoms with van der Waals surface area (Å²) in [4.78, 5) is 0.201. The van der Waals surface area contributed by atoms with Crippen molar-refractivity contribution in [2.75, 3.05) is 6.54 Å². The maximum Gasteiger partial charge on any atom is 0.240 e. The second kappa shape index (κ2) is 7.62. The number of aryl methyl sites for hydroxylation is 2. The normalized spacial score (nSPS) is 11.7. The molecule has 0 saturated carbocycles. The third-order valence-electron chi connectivity index (χ3n) is 4.52. The number of nitrogens with one attached hydrogen (secondary N) is 1. The molecule has 2 aromatic carbocycles. The summed E-state index contributed by atoms with van der Waals surface area (Å²) < 4.78 is 46.4. The van der Waals surface area contributed by atoms with Crippen LogP contribution in [0.5, 0.6) is 0 Å². The molecule has 27 heavy (non-hydrogen) atoms. The van der Waals surface area contributed by atoms with Crippen molar-refractivity contribution in [3.05, 3.63) is 70.7 Å². The SMILES string of the molecule is Cc1ccc(-c2onc(C)c2C)cc1S(=O)(=O)NCCc1ccc(F)cc1. The van der Waals surface area contributed by atoms with Gasteiger partial charge in [0.1, 0.15) is 5.82 Å². The van der Waals surface area contributed by atoms with E-state index >= 15 is 0 Å². The molecule has 0 fully saturated rings. The number of benzene rings is 2. The van der Waals surface area contributed by atoms with Gasteiger partial charge in [0.05, 0.1) is 10.6 Å². The highest BCUT2D eigenvalue weighted by Gasteiger charge is 2.19. The molecule has 0 amide bonds. The Bertz CT molecular complexity index is 1060. The fourth-order valence-corrected chi connectivity index (χ4v) is 4.07. The highest BCUT2D eigenvalue weighted by atomic mass is 32.2. The standard InChI is InChI=1S/C20H21FN2O3S/c1-13-4-7-17(20-14(2)15(3)23-26-20)12-19(13)27(24,25)22-11-10-16-5-8-18(21)9-6-16/h4-9,12,22H,10-11H2,1-3H3. The molecule has 0 aliphatic carbocycles. The van der Waals surface area contributed by atoms with Crippen molar-refractivity contribution in [1.82, 2.24) is 9.88 Å². The van der Waals surface area contributed by atoms with Gasteiger partial charge in [-0.1, -0.05) is 29.4 Å². The van der Waals surface area contributed by atoms with E-state index in [0.717, 1.165) is 16.8 Å². The van der Waals surface area contributed by atoms with Gasteiger partial charge in [-0.15, -0.1) is 0 Å². The lowest BCUT2D eigenvalue weighted by atomic mass is 10.1.